The van der Waals surface area contributed by atoms with Gasteiger partial charge in [0.1, 0.15) is 12.4 Å². The quantitative estimate of drug-likeness (QED) is 0.622. The Morgan fingerprint density at radius 2 is 1.89 bits per heavy atom. The predicted molar refractivity (Wildman–Crippen MR) is 109 cm³/mol. The van der Waals surface area contributed by atoms with Crippen molar-refractivity contribution in [2.24, 2.45) is 5.92 Å². The molecule has 1 heterocycles. The summed E-state index contributed by atoms with van der Waals surface area (Å²) in [5.74, 6) is -0.185. The number of hydrogen-bond donors (Lipinski definition) is 0. The highest BCUT2D eigenvalue weighted by Crippen LogP contribution is 2.32. The van der Waals surface area contributed by atoms with Crippen LogP contribution < -0.4 is 0 Å². The number of amides is 2. The van der Waals surface area contributed by atoms with Gasteiger partial charge in [0.25, 0.3) is 0 Å². The molecule has 1 unspecified atom stereocenters. The van der Waals surface area contributed by atoms with E-state index >= 15 is 0 Å². The van der Waals surface area contributed by atoms with Crippen molar-refractivity contribution in [2.75, 3.05) is 6.54 Å². The van der Waals surface area contributed by atoms with Crippen molar-refractivity contribution in [3.63, 3.8) is 0 Å². The molecule has 1 aromatic carbocycles. The number of nitrogens with zero attached hydrogens (tertiary/aromatic N) is 2. The van der Waals surface area contributed by atoms with E-state index in [2.05, 4.69) is 0 Å². The predicted octanol–water partition coefficient (Wildman–Crippen LogP) is 4.45. The number of carbonyl (C=O) groups is 2. The van der Waals surface area contributed by atoms with Gasteiger partial charge in [-0.05, 0) is 55.3 Å². The fourth-order valence-corrected chi connectivity index (χ4v) is 3.83. The van der Waals surface area contributed by atoms with Crippen LogP contribution in [0.4, 0.5) is 4.39 Å². The van der Waals surface area contributed by atoms with Crippen molar-refractivity contribution < 1.29 is 14.0 Å². The molecule has 0 radical (unpaired) electrons. The van der Waals surface area contributed by atoms with Gasteiger partial charge in [-0.1, -0.05) is 25.1 Å². The van der Waals surface area contributed by atoms with Gasteiger partial charge in [-0.15, -0.1) is 11.3 Å². The lowest BCUT2D eigenvalue weighted by atomic mass is 10.1. The third kappa shape index (κ3) is 5.41. The molecule has 1 aliphatic carbocycles. The highest BCUT2D eigenvalue weighted by molar-refractivity contribution is 7.09. The molecule has 0 bridgehead atoms. The molecule has 1 aliphatic rings. The number of rotatable bonds is 9. The molecule has 150 valence electrons. The Kier molecular flexibility index (Phi) is 6.83. The minimum Gasteiger partial charge on any atom is -0.332 e. The molecule has 28 heavy (non-hydrogen) atoms. The Morgan fingerprint density at radius 3 is 2.46 bits per heavy atom. The Hall–Kier alpha value is -2.21. The number of halogens is 1. The Balaban J connectivity index is 1.75. The smallest absolute Gasteiger partial charge is 0.242 e. The second kappa shape index (κ2) is 9.32. The first-order valence-electron chi connectivity index (χ1n) is 9.83. The van der Waals surface area contributed by atoms with Crippen LogP contribution in [0.5, 0.6) is 0 Å². The normalized spacial score (nSPS) is 14.5. The van der Waals surface area contributed by atoms with Crippen molar-refractivity contribution in [2.45, 2.75) is 52.2 Å². The van der Waals surface area contributed by atoms with Gasteiger partial charge in [-0.25, -0.2) is 4.39 Å². The lowest BCUT2D eigenvalue weighted by molar-refractivity contribution is -0.143. The van der Waals surface area contributed by atoms with E-state index in [1.807, 2.05) is 31.4 Å². The number of hydrogen-bond acceptors (Lipinski definition) is 3. The van der Waals surface area contributed by atoms with Crippen LogP contribution in [0.1, 0.15) is 43.6 Å². The third-order valence-electron chi connectivity index (χ3n) is 5.20. The van der Waals surface area contributed by atoms with Gasteiger partial charge >= 0.3 is 0 Å². The maximum atomic E-state index is 13.2. The first kappa shape index (κ1) is 20.5. The summed E-state index contributed by atoms with van der Waals surface area (Å²) in [6.07, 6.45) is 2.66. The van der Waals surface area contributed by atoms with Crippen LogP contribution in [0.2, 0.25) is 0 Å². The zero-order chi connectivity index (χ0) is 20.1. The molecule has 3 rings (SSSR count). The van der Waals surface area contributed by atoms with Crippen molar-refractivity contribution in [1.82, 2.24) is 9.80 Å². The molecule has 2 amide bonds. The zero-order valence-electron chi connectivity index (χ0n) is 16.4. The van der Waals surface area contributed by atoms with Gasteiger partial charge in [0, 0.05) is 23.4 Å². The molecule has 1 atom stereocenters. The fourth-order valence-electron chi connectivity index (χ4n) is 3.11. The largest absolute Gasteiger partial charge is 0.332 e. The maximum absolute atomic E-state index is 13.2. The molecule has 4 nitrogen and oxygen atoms in total. The van der Waals surface area contributed by atoms with E-state index in [9.17, 15) is 14.0 Å². The molecule has 1 aromatic heterocycles. The average Bonchev–Trinajstić information content (AvgIpc) is 3.43. The Bertz CT molecular complexity index is 787. The number of benzene rings is 1. The summed E-state index contributed by atoms with van der Waals surface area (Å²) in [7, 11) is 0. The molecule has 0 saturated heterocycles. The topological polar surface area (TPSA) is 40.6 Å². The summed E-state index contributed by atoms with van der Waals surface area (Å²) >= 11 is 1.60. The summed E-state index contributed by atoms with van der Waals surface area (Å²) in [6, 6.07) is 10.2. The van der Waals surface area contributed by atoms with Crippen LogP contribution in [0.3, 0.4) is 0 Å². The first-order valence-corrected chi connectivity index (χ1v) is 10.7. The van der Waals surface area contributed by atoms with E-state index in [1.165, 1.54) is 12.1 Å². The van der Waals surface area contributed by atoms with E-state index < -0.39 is 0 Å². The second-order valence-electron chi connectivity index (χ2n) is 7.45. The van der Waals surface area contributed by atoms with Gasteiger partial charge in [-0.3, -0.25) is 9.59 Å². The van der Waals surface area contributed by atoms with Gasteiger partial charge < -0.3 is 9.80 Å². The molecular weight excluding hydrogens is 375 g/mol. The fraction of sp³-hybridized carbons (Fsp3) is 0.455. The van der Waals surface area contributed by atoms with E-state index in [0.29, 0.717) is 13.1 Å². The summed E-state index contributed by atoms with van der Waals surface area (Å²) in [5, 5.41) is 1.98. The van der Waals surface area contributed by atoms with Crippen LogP contribution in [0.15, 0.2) is 41.8 Å². The van der Waals surface area contributed by atoms with Crippen LogP contribution in [0, 0.1) is 11.7 Å². The molecule has 2 aromatic rings. The van der Waals surface area contributed by atoms with E-state index in [1.54, 1.807) is 33.3 Å². The number of carbonyl (C=O) groups excluding carboxylic acids is 2. The maximum Gasteiger partial charge on any atom is 0.242 e. The molecule has 1 saturated carbocycles. The average molecular weight is 403 g/mol. The van der Waals surface area contributed by atoms with Gasteiger partial charge in [0.15, 0.2) is 0 Å². The zero-order valence-corrected chi connectivity index (χ0v) is 17.3. The van der Waals surface area contributed by atoms with Gasteiger partial charge in [-0.2, -0.15) is 0 Å². The van der Waals surface area contributed by atoms with Crippen molar-refractivity contribution in [3.05, 3.63) is 58.0 Å². The summed E-state index contributed by atoms with van der Waals surface area (Å²) in [6.45, 7) is 5.00. The third-order valence-corrected chi connectivity index (χ3v) is 6.07. The Labute approximate surface area is 170 Å². The SMILES string of the molecule is CCC(C)N(CC(=O)N(Cc1ccc(F)cc1)Cc1cccs1)C(=O)C1CC1. The van der Waals surface area contributed by atoms with Crippen molar-refractivity contribution >= 4 is 23.2 Å². The minimum absolute atomic E-state index is 0.0338. The van der Waals surface area contributed by atoms with E-state index in [-0.39, 0.29) is 36.1 Å². The molecule has 6 heteroatoms. The molecule has 1 fully saturated rings. The standard InChI is InChI=1S/C22H27FN2O2S/c1-3-16(2)25(22(27)18-8-9-18)15-21(26)24(14-20-5-4-12-28-20)13-17-6-10-19(23)11-7-17/h4-7,10-12,16,18H,3,8-9,13-15H2,1-2H3. The van der Waals surface area contributed by atoms with E-state index in [4.69, 9.17) is 0 Å². The van der Waals surface area contributed by atoms with Crippen LogP contribution in [0.25, 0.3) is 0 Å². The first-order chi connectivity index (χ1) is 13.5. The van der Waals surface area contributed by atoms with E-state index in [0.717, 1.165) is 29.7 Å². The minimum atomic E-state index is -0.294. The Morgan fingerprint density at radius 1 is 1.18 bits per heavy atom. The summed E-state index contributed by atoms with van der Waals surface area (Å²) < 4.78 is 13.2. The summed E-state index contributed by atoms with van der Waals surface area (Å²) in [4.78, 5) is 30.5. The lowest BCUT2D eigenvalue weighted by Gasteiger charge is -2.31. The lowest BCUT2D eigenvalue weighted by Crippen LogP contribution is -2.46. The van der Waals surface area contributed by atoms with Gasteiger partial charge in [0.2, 0.25) is 11.8 Å². The second-order valence-corrected chi connectivity index (χ2v) is 8.49. The molecule has 0 aliphatic heterocycles. The number of thiophene rings is 1. The molecule has 0 N–H and O–H groups in total. The van der Waals surface area contributed by atoms with Crippen LogP contribution >= 0.6 is 11.3 Å². The van der Waals surface area contributed by atoms with Crippen LogP contribution in [-0.4, -0.2) is 34.2 Å². The van der Waals surface area contributed by atoms with Crippen molar-refractivity contribution in [1.29, 1.82) is 0 Å². The summed E-state index contributed by atoms with van der Waals surface area (Å²) in [5.41, 5.74) is 0.870. The molecular formula is C22H27FN2O2S. The highest BCUT2D eigenvalue weighted by atomic mass is 32.1. The molecule has 0 spiro atoms. The van der Waals surface area contributed by atoms with Gasteiger partial charge in [0.05, 0.1) is 6.54 Å². The van der Waals surface area contributed by atoms with Crippen molar-refractivity contribution in [3.8, 4) is 0 Å². The highest BCUT2D eigenvalue weighted by Gasteiger charge is 2.36. The monoisotopic (exact) mass is 402 g/mol. The van der Waals surface area contributed by atoms with Crippen LogP contribution in [-0.2, 0) is 22.7 Å².